The Morgan fingerprint density at radius 1 is 1.22 bits per heavy atom. The molecule has 0 amide bonds. The molecule has 0 saturated carbocycles. The van der Waals surface area contributed by atoms with Crippen LogP contribution in [0.15, 0.2) is 24.3 Å². The standard InChI is InChI=1S/C11H16O4S2.Na/c1-16-15-11-6-4-10(5-7-11)14-8-2-3-9-17(12)13;/h4-7H,2-3,8-9H2,1H3,(H,12,13);/q;+1/p-1. The third-order valence-electron chi connectivity index (χ3n) is 1.98. The summed E-state index contributed by atoms with van der Waals surface area (Å²) in [5.74, 6) is 1.75. The van der Waals surface area contributed by atoms with E-state index in [0.29, 0.717) is 13.0 Å². The van der Waals surface area contributed by atoms with Crippen LogP contribution in [0.2, 0.25) is 0 Å². The van der Waals surface area contributed by atoms with Crippen LogP contribution >= 0.6 is 12.0 Å². The fourth-order valence-electron chi connectivity index (χ4n) is 1.20. The number of rotatable bonds is 8. The molecule has 1 aromatic carbocycles. The molecule has 7 heteroatoms. The first-order valence-electron chi connectivity index (χ1n) is 5.22. The van der Waals surface area contributed by atoms with Gasteiger partial charge in [0, 0.05) is 12.0 Å². The van der Waals surface area contributed by atoms with Crippen molar-refractivity contribution in [2.24, 2.45) is 0 Å². The average molecular weight is 298 g/mol. The molecule has 0 aliphatic carbocycles. The van der Waals surface area contributed by atoms with Crippen molar-refractivity contribution in [1.29, 1.82) is 0 Å². The second kappa shape index (κ2) is 11.1. The van der Waals surface area contributed by atoms with Crippen molar-refractivity contribution < 1.29 is 47.2 Å². The summed E-state index contributed by atoms with van der Waals surface area (Å²) in [5.41, 5.74) is 0. The molecular formula is C11H15NaO4S2. The van der Waals surface area contributed by atoms with Gasteiger partial charge in [-0.05, 0) is 37.1 Å². The topological polar surface area (TPSA) is 58.6 Å². The van der Waals surface area contributed by atoms with E-state index in [1.807, 2.05) is 30.5 Å². The Labute approximate surface area is 137 Å². The number of ether oxygens (including phenoxy) is 1. The normalized spacial score (nSPS) is 11.4. The van der Waals surface area contributed by atoms with Crippen LogP contribution in [0, 0.1) is 0 Å². The minimum atomic E-state index is -1.94. The number of benzene rings is 1. The van der Waals surface area contributed by atoms with E-state index >= 15 is 0 Å². The van der Waals surface area contributed by atoms with Crippen LogP contribution < -0.4 is 38.5 Å². The Hall–Kier alpha value is 0.280. The molecule has 0 fully saturated rings. The van der Waals surface area contributed by atoms with Gasteiger partial charge in [-0.15, -0.1) is 0 Å². The minimum absolute atomic E-state index is 0. The van der Waals surface area contributed by atoms with Crippen LogP contribution in [0.5, 0.6) is 11.5 Å². The monoisotopic (exact) mass is 298 g/mol. The predicted molar refractivity (Wildman–Crippen MR) is 69.1 cm³/mol. The van der Waals surface area contributed by atoms with E-state index in [9.17, 15) is 8.76 Å². The van der Waals surface area contributed by atoms with Crippen molar-refractivity contribution in [1.82, 2.24) is 0 Å². The van der Waals surface area contributed by atoms with Crippen molar-refractivity contribution >= 4 is 23.1 Å². The largest absolute Gasteiger partial charge is 1.00 e. The zero-order valence-corrected chi connectivity index (χ0v) is 14.2. The third kappa shape index (κ3) is 8.39. The molecule has 4 nitrogen and oxygen atoms in total. The van der Waals surface area contributed by atoms with Gasteiger partial charge in [0.05, 0.1) is 18.6 Å². The summed E-state index contributed by atoms with van der Waals surface area (Å²) in [6.07, 6.45) is 3.21. The van der Waals surface area contributed by atoms with Crippen molar-refractivity contribution in [2.45, 2.75) is 12.8 Å². The predicted octanol–water partition coefficient (Wildman–Crippen LogP) is -0.614. The van der Waals surface area contributed by atoms with Gasteiger partial charge in [-0.1, -0.05) is 11.1 Å². The second-order valence-corrected chi connectivity index (χ2v) is 4.80. The molecule has 0 aromatic heterocycles. The zero-order valence-electron chi connectivity index (χ0n) is 10.6. The summed E-state index contributed by atoms with van der Waals surface area (Å²) < 4.78 is 31.2. The maximum absolute atomic E-state index is 10.3. The summed E-state index contributed by atoms with van der Waals surface area (Å²) >= 11 is -0.655. The van der Waals surface area contributed by atoms with Crippen LogP contribution in [0.25, 0.3) is 0 Å². The van der Waals surface area contributed by atoms with Crippen LogP contribution in [0.1, 0.15) is 12.8 Å². The Bertz CT molecular complexity index is 345. The Morgan fingerprint density at radius 3 is 2.39 bits per heavy atom. The summed E-state index contributed by atoms with van der Waals surface area (Å²) in [6, 6.07) is 7.33. The molecule has 0 spiro atoms. The van der Waals surface area contributed by atoms with Crippen LogP contribution in [-0.2, 0) is 11.1 Å². The molecule has 1 aromatic rings. The zero-order chi connectivity index (χ0) is 12.5. The van der Waals surface area contributed by atoms with Crippen LogP contribution in [0.3, 0.4) is 0 Å². The summed E-state index contributed by atoms with van der Waals surface area (Å²) in [7, 11) is 0. The average Bonchev–Trinajstić information content (AvgIpc) is 2.31. The number of hydrogen-bond acceptors (Lipinski definition) is 5. The molecule has 0 N–H and O–H groups in total. The number of hydrogen-bond donors (Lipinski definition) is 0. The van der Waals surface area contributed by atoms with Crippen molar-refractivity contribution in [3.8, 4) is 11.5 Å². The molecule has 1 rings (SSSR count). The third-order valence-corrected chi connectivity index (χ3v) is 2.96. The second-order valence-electron chi connectivity index (χ2n) is 3.28. The van der Waals surface area contributed by atoms with Gasteiger partial charge < -0.3 is 13.5 Å². The molecular weight excluding hydrogens is 283 g/mol. The summed E-state index contributed by atoms with van der Waals surface area (Å²) in [5, 5.41) is 0. The van der Waals surface area contributed by atoms with Gasteiger partial charge in [0.25, 0.3) is 0 Å². The molecule has 1 unspecified atom stereocenters. The van der Waals surface area contributed by atoms with E-state index in [0.717, 1.165) is 17.9 Å². The first-order chi connectivity index (χ1) is 8.22. The van der Waals surface area contributed by atoms with Crippen molar-refractivity contribution in [3.05, 3.63) is 24.3 Å². The van der Waals surface area contributed by atoms with Gasteiger partial charge in [-0.25, -0.2) is 0 Å². The Kier molecular flexibility index (Phi) is 11.3. The minimum Gasteiger partial charge on any atom is -0.772 e. The van der Waals surface area contributed by atoms with Crippen LogP contribution in [-0.4, -0.2) is 27.4 Å². The SMILES string of the molecule is CSOc1ccc(OCCCCS(=O)[O-])cc1.[Na+]. The Balaban J connectivity index is 0.00000289. The first-order valence-corrected chi connectivity index (χ1v) is 7.61. The van der Waals surface area contributed by atoms with Gasteiger partial charge in [0.2, 0.25) is 0 Å². The van der Waals surface area contributed by atoms with Gasteiger partial charge in [-0.2, -0.15) is 0 Å². The summed E-state index contributed by atoms with van der Waals surface area (Å²) in [6.45, 7) is 0.528. The van der Waals surface area contributed by atoms with Crippen LogP contribution in [0.4, 0.5) is 0 Å². The van der Waals surface area contributed by atoms with Gasteiger partial charge in [0.1, 0.15) is 11.5 Å². The molecule has 96 valence electrons. The Morgan fingerprint density at radius 2 is 1.83 bits per heavy atom. The fourth-order valence-corrected chi connectivity index (χ4v) is 1.94. The smallest absolute Gasteiger partial charge is 0.772 e. The molecule has 0 heterocycles. The molecule has 0 aliphatic heterocycles. The molecule has 1 atom stereocenters. The van der Waals surface area contributed by atoms with Crippen molar-refractivity contribution in [3.63, 3.8) is 0 Å². The molecule has 18 heavy (non-hydrogen) atoms. The van der Waals surface area contributed by atoms with E-state index in [-0.39, 0.29) is 35.3 Å². The van der Waals surface area contributed by atoms with Crippen molar-refractivity contribution in [2.75, 3.05) is 18.6 Å². The molecule has 0 bridgehead atoms. The van der Waals surface area contributed by atoms with Gasteiger partial charge >= 0.3 is 29.6 Å². The first kappa shape index (κ1) is 18.3. The quantitative estimate of drug-likeness (QED) is 0.277. The van der Waals surface area contributed by atoms with E-state index in [2.05, 4.69) is 0 Å². The molecule has 0 saturated heterocycles. The van der Waals surface area contributed by atoms with Gasteiger partial charge in [-0.3, -0.25) is 4.21 Å². The number of unbranched alkanes of at least 4 members (excludes halogenated alkanes) is 1. The van der Waals surface area contributed by atoms with E-state index in [1.165, 1.54) is 12.0 Å². The molecule has 0 radical (unpaired) electrons. The summed E-state index contributed by atoms with van der Waals surface area (Å²) in [4.78, 5) is 0. The molecule has 0 aliphatic rings. The maximum Gasteiger partial charge on any atom is 1.00 e. The fraction of sp³-hybridized carbons (Fsp3) is 0.455. The van der Waals surface area contributed by atoms with Gasteiger partial charge in [0.15, 0.2) is 0 Å². The maximum atomic E-state index is 10.3. The van der Waals surface area contributed by atoms with E-state index in [4.69, 9.17) is 8.92 Å². The van der Waals surface area contributed by atoms with E-state index < -0.39 is 11.1 Å². The van der Waals surface area contributed by atoms with E-state index in [1.54, 1.807) is 0 Å².